The molecule has 1 aliphatic heterocycles. The van der Waals surface area contributed by atoms with Crippen LogP contribution in [0.1, 0.15) is 34.1 Å². The molecule has 70 valence electrons. The number of amides is 2. The van der Waals surface area contributed by atoms with Gasteiger partial charge in [-0.25, -0.2) is 0 Å². The molecule has 3 heteroatoms. The van der Waals surface area contributed by atoms with Gasteiger partial charge in [0, 0.05) is 12.3 Å². The molecule has 1 aliphatic rings. The largest absolute Gasteiger partial charge is 0.296 e. The van der Waals surface area contributed by atoms with E-state index in [1.807, 2.05) is 0 Å². The van der Waals surface area contributed by atoms with Crippen molar-refractivity contribution in [2.45, 2.75) is 34.1 Å². The predicted molar refractivity (Wildman–Crippen MR) is 47.4 cm³/mol. The van der Waals surface area contributed by atoms with Crippen LogP contribution in [0, 0.1) is 11.8 Å². The monoisotopic (exact) mass is 171 g/mol. The molecular formula is C9H17NO2. The van der Waals surface area contributed by atoms with E-state index in [0.29, 0.717) is 6.42 Å². The molecule has 0 aromatic carbocycles. The highest BCUT2D eigenvalue weighted by Gasteiger charge is 2.25. The number of carbonyl (C=O) groups excluding carboxylic acids is 2. The highest BCUT2D eigenvalue weighted by atomic mass is 16.2. The molecule has 2 amide bonds. The number of hydrogen-bond donors (Lipinski definition) is 1. The third-order valence-corrected chi connectivity index (χ3v) is 1.20. The molecule has 1 atom stereocenters. The van der Waals surface area contributed by atoms with E-state index in [1.165, 1.54) is 0 Å². The molecule has 1 N–H and O–H groups in total. The summed E-state index contributed by atoms with van der Waals surface area (Å²) in [4.78, 5) is 20.8. The smallest absolute Gasteiger partial charge is 0.229 e. The molecule has 0 radical (unpaired) electrons. The lowest BCUT2D eigenvalue weighted by atomic mass is 10.1. The minimum Gasteiger partial charge on any atom is -0.296 e. The fraction of sp³-hybridized carbons (Fsp3) is 0.778. The topological polar surface area (TPSA) is 46.2 Å². The lowest BCUT2D eigenvalue weighted by molar-refractivity contribution is -0.125. The molecule has 1 fully saturated rings. The lowest BCUT2D eigenvalue weighted by Crippen LogP contribution is -2.20. The Bertz CT molecular complexity index is 173. The zero-order chi connectivity index (χ0) is 9.72. The van der Waals surface area contributed by atoms with Crippen LogP contribution >= 0.6 is 0 Å². The van der Waals surface area contributed by atoms with Crippen LogP contribution in [-0.4, -0.2) is 11.8 Å². The van der Waals surface area contributed by atoms with Crippen LogP contribution in [0.3, 0.4) is 0 Å². The van der Waals surface area contributed by atoms with Crippen LogP contribution in [0.5, 0.6) is 0 Å². The molecule has 1 saturated heterocycles. The summed E-state index contributed by atoms with van der Waals surface area (Å²) in [6, 6.07) is 0. The van der Waals surface area contributed by atoms with Crippen molar-refractivity contribution < 1.29 is 9.59 Å². The SMILES string of the molecule is CC(C)C.CC1CC(=O)NC1=O. The predicted octanol–water partition coefficient (Wildman–Crippen LogP) is 1.33. The summed E-state index contributed by atoms with van der Waals surface area (Å²) in [7, 11) is 0. The second-order valence-electron chi connectivity index (χ2n) is 3.75. The molecule has 0 aromatic rings. The van der Waals surface area contributed by atoms with Gasteiger partial charge in [-0.05, 0) is 5.92 Å². The van der Waals surface area contributed by atoms with E-state index >= 15 is 0 Å². The fourth-order valence-electron chi connectivity index (χ4n) is 0.682. The molecule has 1 rings (SSSR count). The third kappa shape index (κ3) is 4.88. The van der Waals surface area contributed by atoms with Gasteiger partial charge in [-0.1, -0.05) is 27.7 Å². The first-order chi connectivity index (χ1) is 5.43. The van der Waals surface area contributed by atoms with Crippen LogP contribution in [0.25, 0.3) is 0 Å². The van der Waals surface area contributed by atoms with Gasteiger partial charge < -0.3 is 0 Å². The first-order valence-corrected chi connectivity index (χ1v) is 4.27. The van der Waals surface area contributed by atoms with Crippen LogP contribution in [0.2, 0.25) is 0 Å². The molecular weight excluding hydrogens is 154 g/mol. The minimum atomic E-state index is -0.150. The average Bonchev–Trinajstić information content (AvgIpc) is 2.08. The zero-order valence-electron chi connectivity index (χ0n) is 8.18. The van der Waals surface area contributed by atoms with Crippen molar-refractivity contribution in [2.24, 2.45) is 11.8 Å². The molecule has 3 nitrogen and oxygen atoms in total. The Balaban J connectivity index is 0.000000261. The van der Waals surface area contributed by atoms with Crippen molar-refractivity contribution in [1.29, 1.82) is 0 Å². The molecule has 0 aliphatic carbocycles. The van der Waals surface area contributed by atoms with Crippen molar-refractivity contribution >= 4 is 11.8 Å². The lowest BCUT2D eigenvalue weighted by Gasteiger charge is -1.88. The summed E-state index contributed by atoms with van der Waals surface area (Å²) in [6.07, 6.45) is 0.360. The number of carbonyl (C=O) groups is 2. The summed E-state index contributed by atoms with van der Waals surface area (Å²) >= 11 is 0. The first-order valence-electron chi connectivity index (χ1n) is 4.27. The standard InChI is InChI=1S/C5H7NO2.C4H10/c1-3-2-4(7)6-5(3)8;1-4(2)3/h3H,2H2,1H3,(H,6,7,8);4H,1-3H3. The second kappa shape index (κ2) is 4.91. The van der Waals surface area contributed by atoms with Crippen LogP contribution in [-0.2, 0) is 9.59 Å². The van der Waals surface area contributed by atoms with Crippen molar-refractivity contribution in [3.8, 4) is 0 Å². The molecule has 0 saturated carbocycles. The van der Waals surface area contributed by atoms with Crippen LogP contribution in [0.15, 0.2) is 0 Å². The summed E-state index contributed by atoms with van der Waals surface area (Å²) in [5.74, 6) is 0.431. The minimum absolute atomic E-state index is 0.109. The van der Waals surface area contributed by atoms with E-state index in [9.17, 15) is 9.59 Å². The van der Waals surface area contributed by atoms with Gasteiger partial charge in [-0.2, -0.15) is 0 Å². The number of hydrogen-bond acceptors (Lipinski definition) is 2. The maximum atomic E-state index is 10.5. The van der Waals surface area contributed by atoms with Gasteiger partial charge in [-0.15, -0.1) is 0 Å². The zero-order valence-corrected chi connectivity index (χ0v) is 8.18. The van der Waals surface area contributed by atoms with Crippen molar-refractivity contribution in [1.82, 2.24) is 5.32 Å². The summed E-state index contributed by atoms with van der Waals surface area (Å²) in [6.45, 7) is 8.24. The van der Waals surface area contributed by atoms with Gasteiger partial charge in [0.25, 0.3) is 0 Å². The molecule has 1 unspecified atom stereocenters. The number of imide groups is 1. The van der Waals surface area contributed by atoms with E-state index in [0.717, 1.165) is 5.92 Å². The number of rotatable bonds is 0. The Morgan fingerprint density at radius 3 is 1.83 bits per heavy atom. The van der Waals surface area contributed by atoms with E-state index in [1.54, 1.807) is 6.92 Å². The Kier molecular flexibility index (Phi) is 4.55. The van der Waals surface area contributed by atoms with Gasteiger partial charge in [0.2, 0.25) is 11.8 Å². The molecule has 12 heavy (non-hydrogen) atoms. The van der Waals surface area contributed by atoms with Crippen molar-refractivity contribution in [3.63, 3.8) is 0 Å². The highest BCUT2D eigenvalue weighted by Crippen LogP contribution is 2.07. The third-order valence-electron chi connectivity index (χ3n) is 1.20. The Hall–Kier alpha value is -0.860. The van der Waals surface area contributed by atoms with Gasteiger partial charge in [0.05, 0.1) is 0 Å². The normalized spacial score (nSPS) is 21.9. The summed E-state index contributed by atoms with van der Waals surface area (Å²) in [5, 5.41) is 2.19. The van der Waals surface area contributed by atoms with E-state index in [4.69, 9.17) is 0 Å². The van der Waals surface area contributed by atoms with Crippen molar-refractivity contribution in [2.75, 3.05) is 0 Å². The van der Waals surface area contributed by atoms with E-state index < -0.39 is 0 Å². The van der Waals surface area contributed by atoms with E-state index in [-0.39, 0.29) is 17.7 Å². The first kappa shape index (κ1) is 11.1. The van der Waals surface area contributed by atoms with Gasteiger partial charge in [-0.3, -0.25) is 14.9 Å². The maximum Gasteiger partial charge on any atom is 0.229 e. The molecule has 0 bridgehead atoms. The average molecular weight is 171 g/mol. The van der Waals surface area contributed by atoms with Crippen LogP contribution < -0.4 is 5.32 Å². The van der Waals surface area contributed by atoms with E-state index in [2.05, 4.69) is 26.1 Å². The fourth-order valence-corrected chi connectivity index (χ4v) is 0.682. The van der Waals surface area contributed by atoms with Crippen LogP contribution in [0.4, 0.5) is 0 Å². The van der Waals surface area contributed by atoms with Crippen molar-refractivity contribution in [3.05, 3.63) is 0 Å². The Morgan fingerprint density at radius 2 is 1.75 bits per heavy atom. The summed E-state index contributed by atoms with van der Waals surface area (Å²) < 4.78 is 0. The van der Waals surface area contributed by atoms with Gasteiger partial charge in [0.1, 0.15) is 0 Å². The van der Waals surface area contributed by atoms with Gasteiger partial charge >= 0.3 is 0 Å². The molecule has 1 heterocycles. The maximum absolute atomic E-state index is 10.5. The second-order valence-corrected chi connectivity index (χ2v) is 3.75. The Morgan fingerprint density at radius 1 is 1.33 bits per heavy atom. The Labute approximate surface area is 73.5 Å². The molecule has 0 spiro atoms. The molecule has 0 aromatic heterocycles. The quantitative estimate of drug-likeness (QED) is 0.559. The van der Waals surface area contributed by atoms with Gasteiger partial charge in [0.15, 0.2) is 0 Å². The number of nitrogens with one attached hydrogen (secondary N) is 1. The summed E-state index contributed by atoms with van der Waals surface area (Å²) in [5.41, 5.74) is 0. The highest BCUT2D eigenvalue weighted by molar-refractivity contribution is 6.03.